The van der Waals surface area contributed by atoms with Crippen LogP contribution in [0.4, 0.5) is 0 Å². The van der Waals surface area contributed by atoms with Gasteiger partial charge in [-0.25, -0.2) is 5.43 Å². The Morgan fingerprint density at radius 1 is 1.38 bits per heavy atom. The molecule has 0 aliphatic carbocycles. The zero-order valence-corrected chi connectivity index (χ0v) is 13.1. The fraction of sp³-hybridized carbons (Fsp3) is 0.429. The summed E-state index contributed by atoms with van der Waals surface area (Å²) >= 11 is 11.8. The molecule has 5 nitrogen and oxygen atoms in total. The van der Waals surface area contributed by atoms with Crippen LogP contribution in [0.5, 0.6) is 0 Å². The largest absolute Gasteiger partial charge is 0.370 e. The molecule has 0 unspecified atom stereocenters. The van der Waals surface area contributed by atoms with Crippen LogP contribution in [0.1, 0.15) is 12.0 Å². The van der Waals surface area contributed by atoms with Crippen molar-refractivity contribution in [2.45, 2.75) is 6.42 Å². The highest BCUT2D eigenvalue weighted by Crippen LogP contribution is 2.19. The number of carbonyl (C=O) groups excluding carboxylic acids is 1. The second-order valence-electron chi connectivity index (χ2n) is 4.82. The van der Waals surface area contributed by atoms with Crippen molar-refractivity contribution in [2.24, 2.45) is 5.10 Å². The Balaban J connectivity index is 1.73. The van der Waals surface area contributed by atoms with Crippen LogP contribution in [0.3, 0.4) is 0 Å². The number of morpholine rings is 1. The van der Waals surface area contributed by atoms with Gasteiger partial charge in [0.2, 0.25) is 5.91 Å². The van der Waals surface area contributed by atoms with Crippen LogP contribution in [0.25, 0.3) is 0 Å². The molecule has 7 heteroatoms. The van der Waals surface area contributed by atoms with Gasteiger partial charge in [-0.15, -0.1) is 0 Å². The van der Waals surface area contributed by atoms with E-state index in [9.17, 15) is 4.79 Å². The minimum Gasteiger partial charge on any atom is -0.370 e. The minimum absolute atomic E-state index is 0.102. The average Bonchev–Trinajstić information content (AvgIpc) is 2.48. The summed E-state index contributed by atoms with van der Waals surface area (Å²) < 4.78 is 5.27. The van der Waals surface area contributed by atoms with E-state index in [4.69, 9.17) is 27.9 Å². The van der Waals surface area contributed by atoms with Gasteiger partial charge in [0.1, 0.15) is 13.1 Å². The van der Waals surface area contributed by atoms with Crippen molar-refractivity contribution >= 4 is 35.3 Å². The molecular formula is C14H18Cl2N3O2+. The molecule has 0 radical (unpaired) electrons. The van der Waals surface area contributed by atoms with E-state index in [0.29, 0.717) is 22.0 Å². The van der Waals surface area contributed by atoms with Crippen LogP contribution < -0.4 is 10.3 Å². The summed E-state index contributed by atoms with van der Waals surface area (Å²) in [5.74, 6) is -0.102. The zero-order chi connectivity index (χ0) is 15.1. The van der Waals surface area contributed by atoms with Crippen LogP contribution in [0, 0.1) is 0 Å². The van der Waals surface area contributed by atoms with Crippen molar-refractivity contribution < 1.29 is 14.4 Å². The highest BCUT2D eigenvalue weighted by molar-refractivity contribution is 6.36. The number of benzene rings is 1. The van der Waals surface area contributed by atoms with E-state index in [1.165, 1.54) is 11.1 Å². The lowest BCUT2D eigenvalue weighted by Crippen LogP contribution is -3.14. The predicted octanol–water partition coefficient (Wildman–Crippen LogP) is 0.749. The number of rotatable bonds is 5. The molecule has 1 amide bonds. The molecule has 1 fully saturated rings. The molecule has 0 saturated carbocycles. The van der Waals surface area contributed by atoms with Crippen molar-refractivity contribution in [3.05, 3.63) is 33.8 Å². The van der Waals surface area contributed by atoms with E-state index in [-0.39, 0.29) is 5.91 Å². The van der Waals surface area contributed by atoms with E-state index in [1.54, 1.807) is 18.2 Å². The van der Waals surface area contributed by atoms with Crippen LogP contribution in [0.2, 0.25) is 10.0 Å². The third kappa shape index (κ3) is 5.63. The number of amides is 1. The summed E-state index contributed by atoms with van der Waals surface area (Å²) in [6, 6.07) is 5.10. The maximum atomic E-state index is 11.7. The predicted molar refractivity (Wildman–Crippen MR) is 83.2 cm³/mol. The molecule has 1 aliphatic rings. The molecule has 114 valence electrons. The first-order valence-corrected chi connectivity index (χ1v) is 7.59. The molecule has 0 aromatic heterocycles. The van der Waals surface area contributed by atoms with Gasteiger partial charge in [0.15, 0.2) is 0 Å². The zero-order valence-electron chi connectivity index (χ0n) is 11.6. The maximum Gasteiger partial charge on any atom is 0.245 e. The summed E-state index contributed by atoms with van der Waals surface area (Å²) in [6.45, 7) is 4.24. The first-order chi connectivity index (χ1) is 10.1. The number of nitrogens with one attached hydrogen (secondary N) is 2. The Morgan fingerprint density at radius 3 is 2.86 bits per heavy atom. The first kappa shape index (κ1) is 16.2. The molecule has 0 atom stereocenters. The van der Waals surface area contributed by atoms with Crippen LogP contribution in [-0.2, 0) is 9.53 Å². The lowest BCUT2D eigenvalue weighted by Gasteiger charge is -2.23. The summed E-state index contributed by atoms with van der Waals surface area (Å²) in [5.41, 5.74) is 3.22. The smallest absolute Gasteiger partial charge is 0.245 e. The number of halogens is 2. The Kier molecular flexibility index (Phi) is 6.45. The van der Waals surface area contributed by atoms with Gasteiger partial charge in [-0.05, 0) is 12.1 Å². The summed E-state index contributed by atoms with van der Waals surface area (Å²) in [4.78, 5) is 13.1. The Bertz CT molecular complexity index is 517. The van der Waals surface area contributed by atoms with Crippen LogP contribution in [0.15, 0.2) is 23.3 Å². The third-order valence-corrected chi connectivity index (χ3v) is 3.82. The van der Waals surface area contributed by atoms with Crippen molar-refractivity contribution in [1.82, 2.24) is 5.43 Å². The average molecular weight is 331 g/mol. The Labute approximate surface area is 133 Å². The second-order valence-corrected chi connectivity index (χ2v) is 5.67. The fourth-order valence-electron chi connectivity index (χ4n) is 2.04. The normalized spacial score (nSPS) is 16.3. The van der Waals surface area contributed by atoms with Crippen molar-refractivity contribution in [2.75, 3.05) is 32.8 Å². The second kappa shape index (κ2) is 8.34. The molecular weight excluding hydrogens is 313 g/mol. The fourth-order valence-corrected chi connectivity index (χ4v) is 2.49. The number of ether oxygens (including phenoxy) is 1. The molecule has 1 aliphatic heterocycles. The summed E-state index contributed by atoms with van der Waals surface area (Å²) in [5, 5.41) is 4.97. The van der Waals surface area contributed by atoms with Crippen LogP contribution >= 0.6 is 23.2 Å². The molecule has 2 N–H and O–H groups in total. The highest BCUT2D eigenvalue weighted by atomic mass is 35.5. The van der Waals surface area contributed by atoms with Crippen molar-refractivity contribution in [1.29, 1.82) is 0 Å². The van der Waals surface area contributed by atoms with Gasteiger partial charge in [0, 0.05) is 10.6 Å². The molecule has 1 aromatic carbocycles. The monoisotopic (exact) mass is 330 g/mol. The van der Waals surface area contributed by atoms with Gasteiger partial charge in [-0.1, -0.05) is 29.3 Å². The molecule has 2 rings (SSSR count). The van der Waals surface area contributed by atoms with Gasteiger partial charge in [-0.3, -0.25) is 4.79 Å². The number of hydrogen-bond acceptors (Lipinski definition) is 3. The van der Waals surface area contributed by atoms with Gasteiger partial charge in [0.25, 0.3) is 0 Å². The molecule has 1 saturated heterocycles. The van der Waals surface area contributed by atoms with Gasteiger partial charge in [-0.2, -0.15) is 5.10 Å². The molecule has 1 heterocycles. The standard InChI is InChI=1S/C14H17Cl2N3O2/c15-12-2-1-11(13(16)9-12)10-17-18-14(20)3-4-19-5-7-21-8-6-19/h1-2,9-10H,3-8H2,(H,18,20)/p+1. The van der Waals surface area contributed by atoms with Gasteiger partial charge < -0.3 is 9.64 Å². The number of hydrazone groups is 1. The Morgan fingerprint density at radius 2 is 2.14 bits per heavy atom. The van der Waals surface area contributed by atoms with E-state index < -0.39 is 0 Å². The van der Waals surface area contributed by atoms with Crippen molar-refractivity contribution in [3.8, 4) is 0 Å². The summed E-state index contributed by atoms with van der Waals surface area (Å²) in [6.07, 6.45) is 1.96. The van der Waals surface area contributed by atoms with Gasteiger partial charge >= 0.3 is 0 Å². The molecule has 21 heavy (non-hydrogen) atoms. The number of quaternary nitrogens is 1. The van der Waals surface area contributed by atoms with E-state index in [0.717, 1.165) is 32.8 Å². The topological polar surface area (TPSA) is 55.1 Å². The quantitative estimate of drug-likeness (QED) is 0.618. The lowest BCUT2D eigenvalue weighted by atomic mass is 10.2. The molecule has 0 bridgehead atoms. The van der Waals surface area contributed by atoms with Crippen LogP contribution in [-0.4, -0.2) is 45.0 Å². The SMILES string of the molecule is O=C(CC[NH+]1CCOCC1)NN=Cc1ccc(Cl)cc1Cl. The third-order valence-electron chi connectivity index (χ3n) is 3.26. The number of carbonyl (C=O) groups is 1. The van der Waals surface area contributed by atoms with Crippen molar-refractivity contribution in [3.63, 3.8) is 0 Å². The van der Waals surface area contributed by atoms with E-state index in [2.05, 4.69) is 10.5 Å². The van der Waals surface area contributed by atoms with Gasteiger partial charge in [0.05, 0.1) is 37.4 Å². The van der Waals surface area contributed by atoms with E-state index >= 15 is 0 Å². The lowest BCUT2D eigenvalue weighted by molar-refractivity contribution is -0.907. The first-order valence-electron chi connectivity index (χ1n) is 6.83. The maximum absolute atomic E-state index is 11.7. The Hall–Kier alpha value is -1.14. The number of nitrogens with zero attached hydrogens (tertiary/aromatic N) is 1. The summed E-state index contributed by atoms with van der Waals surface area (Å²) in [7, 11) is 0. The van der Waals surface area contributed by atoms with E-state index in [1.807, 2.05) is 0 Å². The highest BCUT2D eigenvalue weighted by Gasteiger charge is 2.14. The minimum atomic E-state index is -0.102. The number of hydrogen-bond donors (Lipinski definition) is 2. The molecule has 0 spiro atoms. The molecule has 1 aromatic rings.